The largest absolute Gasteiger partial charge is 0.497 e. The van der Waals surface area contributed by atoms with Crippen LogP contribution < -0.4 is 20.1 Å². The van der Waals surface area contributed by atoms with Crippen molar-refractivity contribution in [1.82, 2.24) is 10.6 Å². The van der Waals surface area contributed by atoms with Gasteiger partial charge >= 0.3 is 0 Å². The quantitative estimate of drug-likeness (QED) is 0.293. The summed E-state index contributed by atoms with van der Waals surface area (Å²) in [6, 6.07) is 11.3. The second-order valence-electron chi connectivity index (χ2n) is 5.82. The van der Waals surface area contributed by atoms with Crippen molar-refractivity contribution in [3.05, 3.63) is 59.4 Å². The molecule has 0 saturated heterocycles. The van der Waals surface area contributed by atoms with Gasteiger partial charge in [0.25, 0.3) is 0 Å². The van der Waals surface area contributed by atoms with Crippen LogP contribution in [0.25, 0.3) is 0 Å². The van der Waals surface area contributed by atoms with Crippen LogP contribution in [0.5, 0.6) is 11.5 Å². The predicted molar refractivity (Wildman–Crippen MR) is 119 cm³/mol. The van der Waals surface area contributed by atoms with Gasteiger partial charge in [-0.15, -0.1) is 24.0 Å². The number of ether oxygens (including phenoxy) is 2. The topological polar surface area (TPSA) is 75.1 Å². The highest BCUT2D eigenvalue weighted by molar-refractivity contribution is 14.0. The number of aliphatic imine (C=N–C) groups is 1. The van der Waals surface area contributed by atoms with E-state index < -0.39 is 6.10 Å². The van der Waals surface area contributed by atoms with Crippen molar-refractivity contribution in [2.24, 2.45) is 4.99 Å². The molecule has 0 aromatic heterocycles. The molecule has 6 nitrogen and oxygen atoms in total. The summed E-state index contributed by atoms with van der Waals surface area (Å²) in [6.45, 7) is 3.28. The maximum atomic E-state index is 13.0. The molecule has 0 saturated carbocycles. The third-order valence-electron chi connectivity index (χ3n) is 3.96. The van der Waals surface area contributed by atoms with E-state index >= 15 is 0 Å². The van der Waals surface area contributed by atoms with Crippen LogP contribution >= 0.6 is 24.0 Å². The third-order valence-corrected chi connectivity index (χ3v) is 3.96. The van der Waals surface area contributed by atoms with Gasteiger partial charge in [0.05, 0.1) is 26.9 Å². The van der Waals surface area contributed by atoms with E-state index in [1.165, 1.54) is 12.1 Å². The highest BCUT2D eigenvalue weighted by atomic mass is 127. The average molecular weight is 503 g/mol. The minimum atomic E-state index is -0.773. The van der Waals surface area contributed by atoms with E-state index in [0.717, 1.165) is 5.56 Å². The van der Waals surface area contributed by atoms with Crippen molar-refractivity contribution in [2.75, 3.05) is 27.3 Å². The van der Waals surface area contributed by atoms with Crippen LogP contribution in [-0.2, 0) is 6.54 Å². The lowest BCUT2D eigenvalue weighted by Crippen LogP contribution is -2.39. The van der Waals surface area contributed by atoms with Gasteiger partial charge in [0, 0.05) is 24.7 Å². The van der Waals surface area contributed by atoms with Gasteiger partial charge in [0.2, 0.25) is 0 Å². The lowest BCUT2D eigenvalue weighted by Gasteiger charge is -2.16. The monoisotopic (exact) mass is 503 g/mol. The number of nitrogens with one attached hydrogen (secondary N) is 2. The van der Waals surface area contributed by atoms with Crippen LogP contribution in [0, 0.1) is 5.82 Å². The molecule has 0 heterocycles. The molecule has 28 heavy (non-hydrogen) atoms. The minimum Gasteiger partial charge on any atom is -0.497 e. The molecule has 0 spiro atoms. The third kappa shape index (κ3) is 7.16. The standard InChI is InChI=1S/C20H26FN3O3.HI/c1-4-22-20(24-13-18(25)14-5-8-16(21)9-6-14)23-12-15-7-10-17(26-2)11-19(15)27-3;/h5-11,18,25H,4,12-13H2,1-3H3,(H2,22,23,24);1H. The molecule has 0 radical (unpaired) electrons. The SMILES string of the molecule is CCNC(=NCc1ccc(OC)cc1OC)NCC(O)c1ccc(F)cc1.I. The van der Waals surface area contributed by atoms with E-state index in [9.17, 15) is 9.50 Å². The van der Waals surface area contributed by atoms with E-state index in [1.807, 2.05) is 25.1 Å². The Hall–Kier alpha value is -2.07. The molecule has 2 aromatic carbocycles. The molecule has 0 bridgehead atoms. The molecular formula is C20H27FIN3O3. The highest BCUT2D eigenvalue weighted by Crippen LogP contribution is 2.25. The highest BCUT2D eigenvalue weighted by Gasteiger charge is 2.09. The first kappa shape index (κ1) is 24.0. The first-order valence-corrected chi connectivity index (χ1v) is 8.74. The molecule has 2 aromatic rings. The number of rotatable bonds is 8. The van der Waals surface area contributed by atoms with E-state index in [1.54, 1.807) is 26.4 Å². The summed E-state index contributed by atoms with van der Waals surface area (Å²) in [5, 5.41) is 16.5. The smallest absolute Gasteiger partial charge is 0.191 e. The van der Waals surface area contributed by atoms with Gasteiger partial charge in [-0.1, -0.05) is 12.1 Å². The molecular weight excluding hydrogens is 476 g/mol. The summed E-state index contributed by atoms with van der Waals surface area (Å²) in [7, 11) is 3.21. The van der Waals surface area contributed by atoms with Crippen molar-refractivity contribution in [2.45, 2.75) is 19.6 Å². The maximum absolute atomic E-state index is 13.0. The fourth-order valence-electron chi connectivity index (χ4n) is 2.48. The van der Waals surface area contributed by atoms with E-state index in [4.69, 9.17) is 9.47 Å². The van der Waals surface area contributed by atoms with Gasteiger partial charge in [-0.25, -0.2) is 9.38 Å². The van der Waals surface area contributed by atoms with Gasteiger partial charge in [-0.2, -0.15) is 0 Å². The second kappa shape index (κ2) is 12.4. The maximum Gasteiger partial charge on any atom is 0.191 e. The Balaban J connectivity index is 0.00000392. The van der Waals surface area contributed by atoms with Crippen LogP contribution in [0.2, 0.25) is 0 Å². The first-order chi connectivity index (χ1) is 13.1. The fraction of sp³-hybridized carbons (Fsp3) is 0.350. The summed E-state index contributed by atoms with van der Waals surface area (Å²) < 4.78 is 23.6. The van der Waals surface area contributed by atoms with E-state index in [2.05, 4.69) is 15.6 Å². The van der Waals surface area contributed by atoms with Crippen molar-refractivity contribution >= 4 is 29.9 Å². The number of methoxy groups -OCH3 is 2. The summed E-state index contributed by atoms with van der Waals surface area (Å²) in [4.78, 5) is 4.53. The first-order valence-electron chi connectivity index (χ1n) is 8.74. The van der Waals surface area contributed by atoms with Crippen LogP contribution in [0.4, 0.5) is 4.39 Å². The van der Waals surface area contributed by atoms with Crippen molar-refractivity contribution in [1.29, 1.82) is 0 Å². The van der Waals surface area contributed by atoms with Gasteiger partial charge in [-0.3, -0.25) is 0 Å². The van der Waals surface area contributed by atoms with Crippen LogP contribution in [0.15, 0.2) is 47.5 Å². The van der Waals surface area contributed by atoms with Gasteiger partial charge < -0.3 is 25.2 Å². The molecule has 0 aliphatic heterocycles. The number of halogens is 2. The lowest BCUT2D eigenvalue weighted by molar-refractivity contribution is 0.180. The number of hydrogen-bond donors (Lipinski definition) is 3. The average Bonchev–Trinajstić information content (AvgIpc) is 2.70. The molecule has 0 aliphatic rings. The molecule has 1 atom stereocenters. The Morgan fingerprint density at radius 3 is 2.43 bits per heavy atom. The van der Waals surface area contributed by atoms with Crippen molar-refractivity contribution < 1.29 is 19.0 Å². The molecule has 3 N–H and O–H groups in total. The lowest BCUT2D eigenvalue weighted by atomic mass is 10.1. The minimum absolute atomic E-state index is 0. The van der Waals surface area contributed by atoms with Crippen molar-refractivity contribution in [3.63, 3.8) is 0 Å². The predicted octanol–water partition coefficient (Wildman–Crippen LogP) is 3.25. The number of aliphatic hydroxyl groups excluding tert-OH is 1. The summed E-state index contributed by atoms with van der Waals surface area (Å²) in [6.07, 6.45) is -0.773. The zero-order valence-corrected chi connectivity index (χ0v) is 18.6. The number of nitrogens with zero attached hydrogens (tertiary/aromatic N) is 1. The second-order valence-corrected chi connectivity index (χ2v) is 5.82. The zero-order valence-electron chi connectivity index (χ0n) is 16.2. The van der Waals surface area contributed by atoms with E-state index in [0.29, 0.717) is 36.1 Å². The zero-order chi connectivity index (χ0) is 19.6. The Bertz CT molecular complexity index is 757. The van der Waals surface area contributed by atoms with E-state index in [-0.39, 0.29) is 36.3 Å². The number of hydrogen-bond acceptors (Lipinski definition) is 4. The number of benzene rings is 2. The Morgan fingerprint density at radius 2 is 1.82 bits per heavy atom. The van der Waals surface area contributed by atoms with Gasteiger partial charge in [0.1, 0.15) is 17.3 Å². The number of aliphatic hydroxyl groups is 1. The molecule has 1 unspecified atom stereocenters. The molecule has 8 heteroatoms. The Labute approximate surface area is 182 Å². The molecule has 154 valence electrons. The Kier molecular flexibility index (Phi) is 10.6. The summed E-state index contributed by atoms with van der Waals surface area (Å²) >= 11 is 0. The molecule has 0 amide bonds. The normalized spacial score (nSPS) is 12.0. The summed E-state index contributed by atoms with van der Waals surface area (Å²) in [5.41, 5.74) is 1.55. The van der Waals surface area contributed by atoms with Crippen molar-refractivity contribution in [3.8, 4) is 11.5 Å². The molecule has 0 fully saturated rings. The molecule has 0 aliphatic carbocycles. The van der Waals surface area contributed by atoms with Crippen LogP contribution in [-0.4, -0.2) is 38.4 Å². The van der Waals surface area contributed by atoms with Gasteiger partial charge in [-0.05, 0) is 36.8 Å². The Morgan fingerprint density at radius 1 is 1.11 bits per heavy atom. The van der Waals surface area contributed by atoms with Gasteiger partial charge in [0.15, 0.2) is 5.96 Å². The molecule has 2 rings (SSSR count). The number of guanidine groups is 1. The fourth-order valence-corrected chi connectivity index (χ4v) is 2.48. The van der Waals surface area contributed by atoms with Crippen LogP contribution in [0.3, 0.4) is 0 Å². The van der Waals surface area contributed by atoms with Crippen LogP contribution in [0.1, 0.15) is 24.2 Å². The summed E-state index contributed by atoms with van der Waals surface area (Å²) in [5.74, 6) is 1.64.